The van der Waals surface area contributed by atoms with Crippen LogP contribution in [0.5, 0.6) is 0 Å². The summed E-state index contributed by atoms with van der Waals surface area (Å²) in [6.07, 6.45) is 0. The molecule has 2 aromatic rings. The van der Waals surface area contributed by atoms with Gasteiger partial charge in [-0.05, 0) is 47.1 Å². The van der Waals surface area contributed by atoms with Crippen LogP contribution in [0.4, 0.5) is 0 Å². The Morgan fingerprint density at radius 1 is 1.36 bits per heavy atom. The third kappa shape index (κ3) is 1.81. The van der Waals surface area contributed by atoms with Crippen molar-refractivity contribution in [2.24, 2.45) is 0 Å². The maximum absolute atomic E-state index is 11.8. The van der Waals surface area contributed by atoms with E-state index in [-0.39, 0.29) is 5.78 Å². The van der Waals surface area contributed by atoms with Crippen molar-refractivity contribution in [1.82, 2.24) is 0 Å². The second-order valence-corrected chi connectivity index (χ2v) is 5.31. The lowest BCUT2D eigenvalue weighted by Crippen LogP contribution is -1.95. The average molecular weight is 271 g/mol. The molecule has 0 aliphatic heterocycles. The van der Waals surface area contributed by atoms with Crippen LogP contribution < -0.4 is 0 Å². The molecule has 0 saturated carbocycles. The molecule has 4 heteroatoms. The van der Waals surface area contributed by atoms with Gasteiger partial charge in [-0.3, -0.25) is 4.79 Å². The first-order valence-electron chi connectivity index (χ1n) is 4.03. The highest BCUT2D eigenvalue weighted by Gasteiger charge is 2.14. The topological polar surface area (TPSA) is 30.2 Å². The van der Waals surface area contributed by atoms with Crippen LogP contribution in [0.25, 0.3) is 0 Å². The summed E-state index contributed by atoms with van der Waals surface area (Å²) in [4.78, 5) is 12.5. The van der Waals surface area contributed by atoms with Gasteiger partial charge in [0.25, 0.3) is 0 Å². The van der Waals surface area contributed by atoms with E-state index in [4.69, 9.17) is 4.42 Å². The number of thiophene rings is 1. The van der Waals surface area contributed by atoms with Gasteiger partial charge in [0.15, 0.2) is 5.76 Å². The minimum atomic E-state index is -0.0613. The zero-order valence-electron chi connectivity index (χ0n) is 7.41. The van der Waals surface area contributed by atoms with E-state index in [1.54, 1.807) is 18.2 Å². The van der Waals surface area contributed by atoms with Crippen molar-refractivity contribution in [3.05, 3.63) is 44.4 Å². The molecule has 2 nitrogen and oxygen atoms in total. The van der Waals surface area contributed by atoms with Gasteiger partial charge in [-0.15, -0.1) is 11.3 Å². The monoisotopic (exact) mass is 270 g/mol. The molecule has 0 atom stereocenters. The predicted octanol–water partition coefficient (Wildman–Crippen LogP) is 3.64. The number of furan rings is 1. The zero-order valence-corrected chi connectivity index (χ0v) is 9.81. The summed E-state index contributed by atoms with van der Waals surface area (Å²) in [5, 5.41) is 0. The molecule has 0 N–H and O–H groups in total. The number of hydrogen-bond acceptors (Lipinski definition) is 3. The van der Waals surface area contributed by atoms with Crippen molar-refractivity contribution < 1.29 is 9.21 Å². The Hall–Kier alpha value is -0.870. The molecule has 0 bridgehead atoms. The van der Waals surface area contributed by atoms with Gasteiger partial charge in [-0.25, -0.2) is 0 Å². The van der Waals surface area contributed by atoms with E-state index in [1.807, 2.05) is 13.0 Å². The van der Waals surface area contributed by atoms with Gasteiger partial charge in [-0.2, -0.15) is 0 Å². The van der Waals surface area contributed by atoms with Gasteiger partial charge in [0, 0.05) is 0 Å². The van der Waals surface area contributed by atoms with E-state index in [9.17, 15) is 4.79 Å². The first-order chi connectivity index (χ1) is 6.66. The van der Waals surface area contributed by atoms with Gasteiger partial charge >= 0.3 is 0 Å². The van der Waals surface area contributed by atoms with Crippen molar-refractivity contribution in [3.63, 3.8) is 0 Å². The van der Waals surface area contributed by atoms with E-state index in [0.717, 1.165) is 9.55 Å². The van der Waals surface area contributed by atoms with E-state index in [0.29, 0.717) is 10.6 Å². The minimum absolute atomic E-state index is 0.0613. The Kier molecular flexibility index (Phi) is 2.56. The third-order valence-corrected chi connectivity index (χ3v) is 3.38. The smallest absolute Gasteiger partial charge is 0.238 e. The first-order valence-corrected chi connectivity index (χ1v) is 5.64. The molecule has 0 saturated heterocycles. The lowest BCUT2D eigenvalue weighted by Gasteiger charge is -1.91. The van der Waals surface area contributed by atoms with Crippen LogP contribution in [0, 0.1) is 6.92 Å². The molecule has 0 unspecified atom stereocenters. The minimum Gasteiger partial charge on any atom is -0.458 e. The molecule has 0 aromatic carbocycles. The molecule has 0 spiro atoms. The van der Waals surface area contributed by atoms with E-state index in [1.165, 1.54) is 11.3 Å². The molecular weight excluding hydrogens is 264 g/mol. The van der Waals surface area contributed by atoms with Gasteiger partial charge in [0.2, 0.25) is 5.78 Å². The fourth-order valence-corrected chi connectivity index (χ4v) is 2.45. The fraction of sp³-hybridized carbons (Fsp3) is 0.100. The molecule has 0 fully saturated rings. The van der Waals surface area contributed by atoms with Gasteiger partial charge < -0.3 is 4.42 Å². The molecule has 2 rings (SSSR count). The molecule has 2 aromatic heterocycles. The van der Waals surface area contributed by atoms with Crippen LogP contribution in [-0.2, 0) is 0 Å². The zero-order chi connectivity index (χ0) is 10.1. The summed E-state index contributed by atoms with van der Waals surface area (Å²) < 4.78 is 6.20. The number of halogens is 1. The van der Waals surface area contributed by atoms with Crippen LogP contribution >= 0.6 is 27.3 Å². The number of hydrogen-bond donors (Lipinski definition) is 0. The van der Waals surface area contributed by atoms with E-state index in [2.05, 4.69) is 15.9 Å². The Morgan fingerprint density at radius 2 is 2.14 bits per heavy atom. The molecule has 72 valence electrons. The second-order valence-electron chi connectivity index (χ2n) is 2.84. The van der Waals surface area contributed by atoms with Crippen molar-refractivity contribution in [3.8, 4) is 0 Å². The van der Waals surface area contributed by atoms with Crippen LogP contribution in [0.3, 0.4) is 0 Å². The predicted molar refractivity (Wildman–Crippen MR) is 58.9 cm³/mol. The number of aryl methyl sites for hydroxylation is 1. The Morgan fingerprint density at radius 3 is 2.64 bits per heavy atom. The summed E-state index contributed by atoms with van der Waals surface area (Å²) in [6, 6.07) is 7.13. The molecule has 14 heavy (non-hydrogen) atoms. The number of rotatable bonds is 2. The summed E-state index contributed by atoms with van der Waals surface area (Å²) in [6.45, 7) is 1.82. The van der Waals surface area contributed by atoms with Crippen molar-refractivity contribution >= 4 is 33.0 Å². The lowest BCUT2D eigenvalue weighted by molar-refractivity contribution is 0.101. The molecule has 0 aliphatic carbocycles. The van der Waals surface area contributed by atoms with Gasteiger partial charge in [0.1, 0.15) is 5.76 Å². The number of carbonyl (C=O) groups excluding carboxylic acids is 1. The fourth-order valence-electron chi connectivity index (χ4n) is 1.11. The standard InChI is InChI=1S/C10H7BrO2S/c1-6-2-3-7(13-6)10(12)8-4-5-9(11)14-8/h2-5H,1H3. The highest BCUT2D eigenvalue weighted by atomic mass is 79.9. The number of ketones is 1. The Balaban J connectivity index is 2.33. The van der Waals surface area contributed by atoms with E-state index < -0.39 is 0 Å². The molecular formula is C10H7BrO2S. The third-order valence-electron chi connectivity index (χ3n) is 1.76. The van der Waals surface area contributed by atoms with Crippen LogP contribution in [0.1, 0.15) is 21.2 Å². The van der Waals surface area contributed by atoms with E-state index >= 15 is 0 Å². The Bertz CT molecular complexity index is 428. The highest BCUT2D eigenvalue weighted by molar-refractivity contribution is 9.11. The van der Waals surface area contributed by atoms with Crippen molar-refractivity contribution in [2.75, 3.05) is 0 Å². The largest absolute Gasteiger partial charge is 0.458 e. The summed E-state index contributed by atoms with van der Waals surface area (Å²) in [5.74, 6) is 1.09. The van der Waals surface area contributed by atoms with Gasteiger partial charge in [0.05, 0.1) is 8.66 Å². The maximum Gasteiger partial charge on any atom is 0.238 e. The van der Waals surface area contributed by atoms with Crippen molar-refractivity contribution in [1.29, 1.82) is 0 Å². The van der Waals surface area contributed by atoms with Crippen LogP contribution in [0.15, 0.2) is 32.5 Å². The van der Waals surface area contributed by atoms with Crippen LogP contribution in [0.2, 0.25) is 0 Å². The van der Waals surface area contributed by atoms with Crippen LogP contribution in [-0.4, -0.2) is 5.78 Å². The lowest BCUT2D eigenvalue weighted by atomic mass is 10.2. The molecule has 0 amide bonds. The first kappa shape index (κ1) is 9.68. The van der Waals surface area contributed by atoms with Gasteiger partial charge in [-0.1, -0.05) is 0 Å². The second kappa shape index (κ2) is 3.71. The average Bonchev–Trinajstić information content (AvgIpc) is 2.73. The normalized spacial score (nSPS) is 10.4. The summed E-state index contributed by atoms with van der Waals surface area (Å²) in [5.41, 5.74) is 0. The SMILES string of the molecule is Cc1ccc(C(=O)c2ccc(Br)s2)o1. The Labute approximate surface area is 93.7 Å². The summed E-state index contributed by atoms with van der Waals surface area (Å²) in [7, 11) is 0. The number of carbonyl (C=O) groups is 1. The maximum atomic E-state index is 11.8. The molecule has 0 radical (unpaired) electrons. The quantitative estimate of drug-likeness (QED) is 0.780. The highest BCUT2D eigenvalue weighted by Crippen LogP contribution is 2.24. The van der Waals surface area contributed by atoms with Crippen molar-refractivity contribution in [2.45, 2.75) is 6.92 Å². The molecule has 2 heterocycles. The molecule has 0 aliphatic rings. The summed E-state index contributed by atoms with van der Waals surface area (Å²) >= 11 is 4.72.